The van der Waals surface area contributed by atoms with Gasteiger partial charge in [-0.05, 0) is 18.2 Å². The van der Waals surface area contributed by atoms with Crippen LogP contribution in [0.25, 0.3) is 0 Å². The molecule has 0 saturated carbocycles. The van der Waals surface area contributed by atoms with E-state index in [1.165, 1.54) is 0 Å². The fraction of sp³-hybridized carbons (Fsp3) is 0.0714. The van der Waals surface area contributed by atoms with Crippen molar-refractivity contribution in [3.63, 3.8) is 0 Å². The number of carbonyl (C=O) groups is 1. The van der Waals surface area contributed by atoms with Crippen LogP contribution in [-0.4, -0.2) is 11.1 Å². The molecule has 2 aromatic rings. The van der Waals surface area contributed by atoms with E-state index in [1.807, 2.05) is 0 Å². The van der Waals surface area contributed by atoms with Crippen molar-refractivity contribution in [2.75, 3.05) is 0 Å². The smallest absolute Gasteiger partial charge is 0.417 e. The fourth-order valence-electron chi connectivity index (χ4n) is 1.76. The second kappa shape index (κ2) is 6.23. The Morgan fingerprint density at radius 3 is 2.25 bits per heavy atom. The van der Waals surface area contributed by atoms with Crippen LogP contribution >= 0.6 is 11.6 Å². The van der Waals surface area contributed by atoms with Crippen molar-refractivity contribution in [1.82, 2.24) is 0 Å². The van der Waals surface area contributed by atoms with Crippen LogP contribution in [0.1, 0.15) is 15.9 Å². The Morgan fingerprint density at radius 2 is 1.71 bits per heavy atom. The number of carboxylic acids is 1. The van der Waals surface area contributed by atoms with Crippen molar-refractivity contribution in [2.45, 2.75) is 6.18 Å². The lowest BCUT2D eigenvalue weighted by Gasteiger charge is -2.13. The van der Waals surface area contributed by atoms with Crippen molar-refractivity contribution in [3.8, 4) is 11.5 Å². The van der Waals surface area contributed by atoms with Gasteiger partial charge in [-0.3, -0.25) is 0 Å². The Morgan fingerprint density at radius 1 is 1.08 bits per heavy atom. The molecule has 2 rings (SSSR count). The van der Waals surface area contributed by atoms with Crippen LogP contribution in [0.4, 0.5) is 26.3 Å². The Balaban J connectivity index is 2.48. The first-order valence-corrected chi connectivity index (χ1v) is 6.35. The van der Waals surface area contributed by atoms with Gasteiger partial charge in [0.25, 0.3) is 0 Å². The molecule has 0 heterocycles. The van der Waals surface area contributed by atoms with Crippen molar-refractivity contribution in [3.05, 3.63) is 57.9 Å². The number of carboxylic acid groups (broad SMARTS) is 1. The quantitative estimate of drug-likeness (QED) is 0.591. The molecule has 0 aromatic heterocycles. The van der Waals surface area contributed by atoms with Gasteiger partial charge in [0.15, 0.2) is 11.6 Å². The van der Waals surface area contributed by atoms with Gasteiger partial charge in [0.1, 0.15) is 17.1 Å². The predicted molar refractivity (Wildman–Crippen MR) is 69.8 cm³/mol. The highest BCUT2D eigenvalue weighted by atomic mass is 35.5. The number of rotatable bonds is 3. The molecule has 1 N–H and O–H groups in total. The van der Waals surface area contributed by atoms with E-state index >= 15 is 0 Å². The van der Waals surface area contributed by atoms with Crippen LogP contribution in [0.3, 0.4) is 0 Å². The maximum Gasteiger partial charge on any atom is 0.417 e. The molecule has 0 fully saturated rings. The van der Waals surface area contributed by atoms with E-state index in [2.05, 4.69) is 4.74 Å². The van der Waals surface area contributed by atoms with E-state index in [-0.39, 0.29) is 6.07 Å². The predicted octanol–water partition coefficient (Wildman–Crippen LogP) is 5.27. The number of aromatic carboxylic acids is 1. The van der Waals surface area contributed by atoms with Crippen LogP contribution in [0.15, 0.2) is 24.3 Å². The van der Waals surface area contributed by atoms with E-state index < -0.39 is 57.2 Å². The fourth-order valence-corrected chi connectivity index (χ4v) is 1.98. The van der Waals surface area contributed by atoms with Gasteiger partial charge in [-0.1, -0.05) is 11.6 Å². The van der Waals surface area contributed by atoms with Gasteiger partial charge in [-0.2, -0.15) is 17.6 Å². The molecule has 10 heteroatoms. The summed E-state index contributed by atoms with van der Waals surface area (Å²) < 4.78 is 83.6. The first-order valence-electron chi connectivity index (χ1n) is 5.97. The number of ether oxygens (including phenoxy) is 1. The van der Waals surface area contributed by atoms with Gasteiger partial charge in [-0.25, -0.2) is 13.6 Å². The standard InChI is InChI=1S/C14H5ClF6O3/c15-7-2-1-5(3-6(7)14(19,20)21)24-9-4-8(16)10(13(22)23)12(18)11(9)17/h1-4H,(H,22,23). The third-order valence-corrected chi connectivity index (χ3v) is 3.14. The summed E-state index contributed by atoms with van der Waals surface area (Å²) in [6.07, 6.45) is -4.83. The minimum absolute atomic E-state index is 0.212. The molecule has 3 nitrogen and oxygen atoms in total. The molecular weight excluding hydrogens is 366 g/mol. The van der Waals surface area contributed by atoms with E-state index in [0.717, 1.165) is 12.1 Å². The lowest BCUT2D eigenvalue weighted by molar-refractivity contribution is -0.137. The molecular formula is C14H5ClF6O3. The zero-order chi connectivity index (χ0) is 18.2. The normalized spacial score (nSPS) is 11.5. The second-order valence-corrected chi connectivity index (χ2v) is 4.81. The van der Waals surface area contributed by atoms with Gasteiger partial charge in [0.2, 0.25) is 5.82 Å². The van der Waals surface area contributed by atoms with Gasteiger partial charge in [-0.15, -0.1) is 0 Å². The molecule has 2 aromatic carbocycles. The van der Waals surface area contributed by atoms with Crippen LogP contribution in [0, 0.1) is 17.5 Å². The number of hydrogen-bond donors (Lipinski definition) is 1. The molecule has 0 atom stereocenters. The zero-order valence-electron chi connectivity index (χ0n) is 11.2. The van der Waals surface area contributed by atoms with Crippen LogP contribution in [-0.2, 0) is 6.18 Å². The second-order valence-electron chi connectivity index (χ2n) is 4.41. The number of alkyl halides is 3. The Labute approximate surface area is 135 Å². The molecule has 0 radical (unpaired) electrons. The van der Waals surface area contributed by atoms with Crippen molar-refractivity contribution in [2.24, 2.45) is 0 Å². The molecule has 0 spiro atoms. The topological polar surface area (TPSA) is 46.5 Å². The number of benzene rings is 2. The van der Waals surface area contributed by atoms with E-state index in [9.17, 15) is 31.1 Å². The third kappa shape index (κ3) is 3.40. The third-order valence-electron chi connectivity index (χ3n) is 2.81. The summed E-state index contributed by atoms with van der Waals surface area (Å²) in [7, 11) is 0. The first-order chi connectivity index (χ1) is 11.0. The summed E-state index contributed by atoms with van der Waals surface area (Å²) in [5, 5.41) is 7.92. The monoisotopic (exact) mass is 370 g/mol. The molecule has 128 valence electrons. The maximum absolute atomic E-state index is 13.7. The lowest BCUT2D eigenvalue weighted by Crippen LogP contribution is -2.08. The van der Waals surface area contributed by atoms with Crippen LogP contribution in [0.5, 0.6) is 11.5 Å². The highest BCUT2D eigenvalue weighted by Crippen LogP contribution is 2.38. The SMILES string of the molecule is O=C(O)c1c(F)cc(Oc2ccc(Cl)c(C(F)(F)F)c2)c(F)c1F. The summed E-state index contributed by atoms with van der Waals surface area (Å²) in [6.45, 7) is 0. The molecule has 0 amide bonds. The molecule has 0 aliphatic heterocycles. The first kappa shape index (κ1) is 17.9. The summed E-state index contributed by atoms with van der Waals surface area (Å²) in [6, 6.07) is 2.33. The summed E-state index contributed by atoms with van der Waals surface area (Å²) in [4.78, 5) is 10.6. The number of halogens is 7. The molecule has 24 heavy (non-hydrogen) atoms. The van der Waals surface area contributed by atoms with Crippen molar-refractivity contribution >= 4 is 17.6 Å². The molecule has 0 unspecified atom stereocenters. The van der Waals surface area contributed by atoms with Crippen LogP contribution in [0.2, 0.25) is 5.02 Å². The molecule has 0 aliphatic carbocycles. The zero-order valence-corrected chi connectivity index (χ0v) is 12.0. The van der Waals surface area contributed by atoms with Gasteiger partial charge >= 0.3 is 12.1 Å². The minimum atomic E-state index is -4.83. The van der Waals surface area contributed by atoms with E-state index in [0.29, 0.717) is 6.07 Å². The van der Waals surface area contributed by atoms with Gasteiger partial charge < -0.3 is 9.84 Å². The highest BCUT2D eigenvalue weighted by Gasteiger charge is 2.34. The average molecular weight is 371 g/mol. The van der Waals surface area contributed by atoms with E-state index in [4.69, 9.17) is 16.7 Å². The summed E-state index contributed by atoms with van der Waals surface area (Å²) in [5.41, 5.74) is -2.85. The minimum Gasteiger partial charge on any atom is -0.477 e. The van der Waals surface area contributed by atoms with Gasteiger partial charge in [0.05, 0.1) is 10.6 Å². The average Bonchev–Trinajstić information content (AvgIpc) is 2.45. The number of hydrogen-bond acceptors (Lipinski definition) is 2. The molecule has 0 aliphatic rings. The van der Waals surface area contributed by atoms with Crippen LogP contribution < -0.4 is 4.74 Å². The Kier molecular flexibility index (Phi) is 4.66. The maximum atomic E-state index is 13.7. The van der Waals surface area contributed by atoms with Gasteiger partial charge in [0, 0.05) is 6.07 Å². The lowest BCUT2D eigenvalue weighted by atomic mass is 10.1. The molecule has 0 bridgehead atoms. The van der Waals surface area contributed by atoms with E-state index in [1.54, 1.807) is 0 Å². The Bertz CT molecular complexity index is 819. The highest BCUT2D eigenvalue weighted by molar-refractivity contribution is 6.31. The summed E-state index contributed by atoms with van der Waals surface area (Å²) in [5.74, 6) is -9.33. The summed E-state index contributed by atoms with van der Waals surface area (Å²) >= 11 is 5.39. The van der Waals surface area contributed by atoms with Crippen molar-refractivity contribution in [1.29, 1.82) is 0 Å². The van der Waals surface area contributed by atoms with Crippen molar-refractivity contribution < 1.29 is 41.0 Å². The largest absolute Gasteiger partial charge is 0.477 e. The Hall–Kier alpha value is -2.42. The molecule has 0 saturated heterocycles.